The van der Waals surface area contributed by atoms with Gasteiger partial charge in [0.25, 0.3) is 11.7 Å². The molecule has 0 aromatic heterocycles. The summed E-state index contributed by atoms with van der Waals surface area (Å²) in [5.41, 5.74) is 0.625. The Hall–Kier alpha value is -2.74. The van der Waals surface area contributed by atoms with Crippen LogP contribution in [0.15, 0.2) is 42.0 Å². The molecule has 1 amide bonds. The molecule has 176 valence electrons. The van der Waals surface area contributed by atoms with E-state index < -0.39 is 23.5 Å². The molecule has 1 atom stereocenters. The molecule has 9 heteroatoms. The number of likely N-dealkylation sites (tertiary alicyclic amines) is 1. The van der Waals surface area contributed by atoms with Crippen LogP contribution in [-0.2, 0) is 9.59 Å². The molecule has 2 N–H and O–H groups in total. The van der Waals surface area contributed by atoms with Crippen molar-refractivity contribution >= 4 is 40.7 Å². The van der Waals surface area contributed by atoms with Crippen LogP contribution in [0.1, 0.15) is 36.9 Å². The van der Waals surface area contributed by atoms with Gasteiger partial charge in [0.15, 0.2) is 0 Å². The number of aliphatic hydroxyl groups excluding tert-OH is 2. The van der Waals surface area contributed by atoms with Crippen molar-refractivity contribution in [3.8, 4) is 11.5 Å². The lowest BCUT2D eigenvalue weighted by Crippen LogP contribution is -2.30. The molecule has 1 fully saturated rings. The van der Waals surface area contributed by atoms with E-state index in [9.17, 15) is 14.7 Å². The zero-order valence-corrected chi connectivity index (χ0v) is 19.8. The fourth-order valence-corrected chi connectivity index (χ4v) is 4.39. The molecule has 1 heterocycles. The Morgan fingerprint density at radius 2 is 1.94 bits per heavy atom. The summed E-state index contributed by atoms with van der Waals surface area (Å²) < 4.78 is 11.0. The SMILES string of the molecule is CCCN1C(=O)C(=O)/C(=C(/O)c2cc(Cl)cc(Cl)c2OC)C1c1cccc(OCCCO)c1. The highest BCUT2D eigenvalue weighted by Gasteiger charge is 2.46. The highest BCUT2D eigenvalue weighted by molar-refractivity contribution is 6.46. The first-order chi connectivity index (χ1) is 15.8. The van der Waals surface area contributed by atoms with Crippen molar-refractivity contribution in [1.82, 2.24) is 4.90 Å². The number of benzene rings is 2. The predicted molar refractivity (Wildman–Crippen MR) is 126 cm³/mol. The fraction of sp³-hybridized carbons (Fsp3) is 0.333. The predicted octanol–water partition coefficient (Wildman–Crippen LogP) is 4.59. The average molecular weight is 494 g/mol. The molecule has 0 bridgehead atoms. The maximum absolute atomic E-state index is 13.1. The van der Waals surface area contributed by atoms with Crippen LogP contribution in [0.25, 0.3) is 5.76 Å². The summed E-state index contributed by atoms with van der Waals surface area (Å²) in [6.45, 7) is 2.52. The lowest BCUT2D eigenvalue weighted by Gasteiger charge is -2.25. The minimum Gasteiger partial charge on any atom is -0.507 e. The zero-order chi connectivity index (χ0) is 24.1. The molecule has 1 unspecified atom stereocenters. The molecule has 0 saturated carbocycles. The van der Waals surface area contributed by atoms with Crippen molar-refractivity contribution < 1.29 is 29.3 Å². The van der Waals surface area contributed by atoms with Crippen molar-refractivity contribution in [2.75, 3.05) is 26.9 Å². The van der Waals surface area contributed by atoms with E-state index in [0.29, 0.717) is 37.3 Å². The Kier molecular flexibility index (Phi) is 8.24. The molecular formula is C24H25Cl2NO6. The Balaban J connectivity index is 2.18. The third kappa shape index (κ3) is 5.11. The smallest absolute Gasteiger partial charge is 0.295 e. The van der Waals surface area contributed by atoms with Crippen LogP contribution in [0.5, 0.6) is 11.5 Å². The van der Waals surface area contributed by atoms with Gasteiger partial charge in [-0.1, -0.05) is 42.3 Å². The number of hydrogen-bond donors (Lipinski definition) is 2. The Morgan fingerprint density at radius 3 is 2.61 bits per heavy atom. The van der Waals surface area contributed by atoms with E-state index in [2.05, 4.69) is 0 Å². The maximum Gasteiger partial charge on any atom is 0.295 e. The van der Waals surface area contributed by atoms with Crippen molar-refractivity contribution in [3.63, 3.8) is 0 Å². The standard InChI is InChI=1S/C24H25Cl2NO6/c1-3-8-27-20(14-6-4-7-16(11-14)33-10-5-9-28)19(22(30)24(27)31)21(29)17-12-15(25)13-18(26)23(17)32-2/h4,6-7,11-13,20,28-29H,3,5,8-10H2,1-2H3/b21-19+. The Labute approximate surface area is 202 Å². The molecule has 0 spiro atoms. The summed E-state index contributed by atoms with van der Waals surface area (Å²) in [5, 5.41) is 20.6. The molecule has 33 heavy (non-hydrogen) atoms. The molecule has 0 aliphatic carbocycles. The van der Waals surface area contributed by atoms with Crippen molar-refractivity contribution in [3.05, 3.63) is 63.1 Å². The van der Waals surface area contributed by atoms with Crippen molar-refractivity contribution in [2.45, 2.75) is 25.8 Å². The Morgan fingerprint density at radius 1 is 1.18 bits per heavy atom. The first-order valence-electron chi connectivity index (χ1n) is 10.5. The molecule has 2 aromatic carbocycles. The zero-order valence-electron chi connectivity index (χ0n) is 18.3. The summed E-state index contributed by atoms with van der Waals surface area (Å²) in [4.78, 5) is 27.4. The van der Waals surface area contributed by atoms with Crippen LogP contribution in [0, 0.1) is 0 Å². The van der Waals surface area contributed by atoms with Crippen LogP contribution < -0.4 is 9.47 Å². The van der Waals surface area contributed by atoms with Crippen LogP contribution in [0.3, 0.4) is 0 Å². The van der Waals surface area contributed by atoms with Crippen LogP contribution >= 0.6 is 23.2 Å². The van der Waals surface area contributed by atoms with E-state index in [1.54, 1.807) is 24.3 Å². The lowest BCUT2D eigenvalue weighted by atomic mass is 9.94. The Bertz CT molecular complexity index is 1080. The van der Waals surface area contributed by atoms with Gasteiger partial charge >= 0.3 is 0 Å². The van der Waals surface area contributed by atoms with Gasteiger partial charge in [0, 0.05) is 24.6 Å². The topological polar surface area (TPSA) is 96.3 Å². The largest absolute Gasteiger partial charge is 0.507 e. The number of rotatable bonds is 9. The highest BCUT2D eigenvalue weighted by Crippen LogP contribution is 2.43. The van der Waals surface area contributed by atoms with Gasteiger partial charge in [-0.3, -0.25) is 9.59 Å². The number of ether oxygens (including phenoxy) is 2. The third-order valence-electron chi connectivity index (χ3n) is 5.22. The van der Waals surface area contributed by atoms with Crippen molar-refractivity contribution in [1.29, 1.82) is 0 Å². The first-order valence-corrected chi connectivity index (χ1v) is 11.2. The number of Topliss-reactive ketones (excluding diaryl/α,β-unsaturated/α-hetero) is 1. The molecule has 1 aliphatic rings. The average Bonchev–Trinajstić information content (AvgIpc) is 3.04. The number of halogens is 2. The highest BCUT2D eigenvalue weighted by atomic mass is 35.5. The molecule has 0 radical (unpaired) electrons. The minimum atomic E-state index is -0.839. The first kappa shape index (κ1) is 24.9. The van der Waals surface area contributed by atoms with E-state index >= 15 is 0 Å². The van der Waals surface area contributed by atoms with Gasteiger partial charge in [-0.25, -0.2) is 0 Å². The van der Waals surface area contributed by atoms with Crippen LogP contribution in [0.2, 0.25) is 10.0 Å². The molecule has 2 aromatic rings. The lowest BCUT2D eigenvalue weighted by molar-refractivity contribution is -0.139. The fourth-order valence-electron chi connectivity index (χ4n) is 3.82. The molecule has 1 aliphatic heterocycles. The molecular weight excluding hydrogens is 469 g/mol. The van der Waals surface area contributed by atoms with Crippen molar-refractivity contribution in [2.24, 2.45) is 0 Å². The van der Waals surface area contributed by atoms with Crippen LogP contribution in [-0.4, -0.2) is 53.7 Å². The second-order valence-corrected chi connectivity index (χ2v) is 8.30. The molecule has 3 rings (SSSR count). The summed E-state index contributed by atoms with van der Waals surface area (Å²) in [6.07, 6.45) is 1.08. The van der Waals surface area contributed by atoms with Crippen LogP contribution in [0.4, 0.5) is 0 Å². The van der Waals surface area contributed by atoms with E-state index in [1.165, 1.54) is 24.1 Å². The van der Waals surface area contributed by atoms with E-state index in [-0.39, 0.29) is 33.5 Å². The molecule has 7 nitrogen and oxygen atoms in total. The van der Waals surface area contributed by atoms with Gasteiger partial charge in [0.1, 0.15) is 17.3 Å². The van der Waals surface area contributed by atoms with Gasteiger partial charge in [-0.15, -0.1) is 0 Å². The third-order valence-corrected chi connectivity index (χ3v) is 5.72. The number of hydrogen-bond acceptors (Lipinski definition) is 6. The quantitative estimate of drug-likeness (QED) is 0.229. The number of carbonyl (C=O) groups is 2. The number of methoxy groups -OCH3 is 1. The monoisotopic (exact) mass is 493 g/mol. The van der Waals surface area contributed by atoms with E-state index in [0.717, 1.165) is 0 Å². The van der Waals surface area contributed by atoms with Gasteiger partial charge in [-0.05, 0) is 36.2 Å². The minimum absolute atomic E-state index is 0.000380. The number of nitrogens with zero attached hydrogens (tertiary/aromatic N) is 1. The summed E-state index contributed by atoms with van der Waals surface area (Å²) >= 11 is 12.4. The number of ketones is 1. The number of carbonyl (C=O) groups excluding carboxylic acids is 2. The van der Waals surface area contributed by atoms with E-state index in [4.69, 9.17) is 37.8 Å². The van der Waals surface area contributed by atoms with Gasteiger partial charge < -0.3 is 24.6 Å². The maximum atomic E-state index is 13.1. The normalized spacial score (nSPS) is 17.5. The van der Waals surface area contributed by atoms with Gasteiger partial charge in [-0.2, -0.15) is 0 Å². The summed E-state index contributed by atoms with van der Waals surface area (Å²) in [7, 11) is 1.38. The van der Waals surface area contributed by atoms with E-state index in [1.807, 2.05) is 6.92 Å². The summed E-state index contributed by atoms with van der Waals surface area (Å²) in [5.74, 6) is -1.28. The number of amides is 1. The van der Waals surface area contributed by atoms with Gasteiger partial charge in [0.05, 0.1) is 35.9 Å². The summed E-state index contributed by atoms with van der Waals surface area (Å²) in [6, 6.07) is 9.01. The second kappa shape index (κ2) is 10.9. The second-order valence-electron chi connectivity index (χ2n) is 7.46. The molecule has 1 saturated heterocycles. The van der Waals surface area contributed by atoms with Gasteiger partial charge in [0.2, 0.25) is 0 Å². The number of aliphatic hydroxyl groups is 2.